The van der Waals surface area contributed by atoms with E-state index in [2.05, 4.69) is 36.3 Å². The van der Waals surface area contributed by atoms with Crippen molar-refractivity contribution in [1.29, 1.82) is 0 Å². The minimum atomic E-state index is -0.505. The first-order valence-electron chi connectivity index (χ1n) is 13.3. The van der Waals surface area contributed by atoms with Gasteiger partial charge in [-0.1, -0.05) is 78.9 Å². The molecule has 1 aliphatic heterocycles. The Morgan fingerprint density at radius 3 is 2.50 bits per heavy atom. The smallest absolute Gasteiger partial charge is 0.252 e. The first-order chi connectivity index (χ1) is 18.7. The standard InChI is InChI=1S/C33H40N2O3/c1-3-5-6-7-8-10-18-28(15-4-2)31-29(27-16-11-9-12-17-27)19-20-30(33(34)36)32(31)38-24-14-13-21-35-22-25-37-26-23-35/h3-4,6-12,16-20H,1-2,5,13-15,21-26H2,(H2,34,36). The summed E-state index contributed by atoms with van der Waals surface area (Å²) in [5.41, 5.74) is 10.1. The molecule has 0 bridgehead atoms. The van der Waals surface area contributed by atoms with Crippen molar-refractivity contribution >= 4 is 11.5 Å². The van der Waals surface area contributed by atoms with Crippen LogP contribution in [0.2, 0.25) is 0 Å². The van der Waals surface area contributed by atoms with Gasteiger partial charge in [-0.25, -0.2) is 0 Å². The third-order valence-electron chi connectivity index (χ3n) is 6.37. The van der Waals surface area contributed by atoms with Crippen molar-refractivity contribution in [2.45, 2.75) is 25.7 Å². The predicted molar refractivity (Wildman–Crippen MR) is 158 cm³/mol. The number of primary amides is 1. The highest BCUT2D eigenvalue weighted by Crippen LogP contribution is 2.40. The van der Waals surface area contributed by atoms with Crippen LogP contribution in [-0.4, -0.2) is 50.3 Å². The molecule has 1 amide bonds. The number of carbonyl (C=O) groups is 1. The number of rotatable bonds is 15. The normalized spacial score (nSPS) is 14.7. The summed E-state index contributed by atoms with van der Waals surface area (Å²) in [4.78, 5) is 14.9. The van der Waals surface area contributed by atoms with Crippen LogP contribution in [0.5, 0.6) is 5.75 Å². The zero-order valence-corrected chi connectivity index (χ0v) is 22.3. The Bertz CT molecular complexity index is 1140. The van der Waals surface area contributed by atoms with Gasteiger partial charge in [0, 0.05) is 18.7 Å². The molecule has 38 heavy (non-hydrogen) atoms. The minimum absolute atomic E-state index is 0.387. The number of carbonyl (C=O) groups excluding carboxylic acids is 1. The Morgan fingerprint density at radius 1 is 1.00 bits per heavy atom. The molecule has 1 saturated heterocycles. The number of benzene rings is 2. The third-order valence-corrected chi connectivity index (χ3v) is 6.37. The van der Waals surface area contributed by atoms with Crippen LogP contribution in [-0.2, 0) is 4.74 Å². The number of nitrogens with two attached hydrogens (primary N) is 1. The van der Waals surface area contributed by atoms with E-state index in [1.165, 1.54) is 0 Å². The van der Waals surface area contributed by atoms with Gasteiger partial charge in [0.25, 0.3) is 5.91 Å². The van der Waals surface area contributed by atoms with Crippen LogP contribution in [0.3, 0.4) is 0 Å². The van der Waals surface area contributed by atoms with Crippen LogP contribution in [0, 0.1) is 0 Å². The molecule has 0 radical (unpaired) electrons. The average molecular weight is 513 g/mol. The van der Waals surface area contributed by atoms with Crippen molar-refractivity contribution in [3.8, 4) is 16.9 Å². The van der Waals surface area contributed by atoms with Crippen LogP contribution in [0.1, 0.15) is 41.6 Å². The largest absolute Gasteiger partial charge is 0.492 e. The minimum Gasteiger partial charge on any atom is -0.492 e. The number of unbranched alkanes of at least 4 members (excludes halogenated alkanes) is 1. The summed E-state index contributed by atoms with van der Waals surface area (Å²) in [6.45, 7) is 12.8. The maximum absolute atomic E-state index is 12.5. The lowest BCUT2D eigenvalue weighted by atomic mass is 9.89. The van der Waals surface area contributed by atoms with Crippen LogP contribution >= 0.6 is 0 Å². The summed E-state index contributed by atoms with van der Waals surface area (Å²) in [6, 6.07) is 13.9. The lowest BCUT2D eigenvalue weighted by Crippen LogP contribution is -2.36. The fourth-order valence-electron chi connectivity index (χ4n) is 4.44. The van der Waals surface area contributed by atoms with E-state index in [0.29, 0.717) is 24.3 Å². The lowest BCUT2D eigenvalue weighted by molar-refractivity contribution is 0.0368. The number of nitrogens with zero attached hydrogens (tertiary/aromatic N) is 1. The molecule has 0 aromatic heterocycles. The first kappa shape index (κ1) is 28.9. The molecule has 2 aromatic carbocycles. The van der Waals surface area contributed by atoms with Crippen LogP contribution in [0.25, 0.3) is 16.7 Å². The average Bonchev–Trinajstić information content (AvgIpc) is 2.94. The van der Waals surface area contributed by atoms with Gasteiger partial charge in [0.05, 0.1) is 25.4 Å². The molecule has 0 spiro atoms. The van der Waals surface area contributed by atoms with Gasteiger partial charge < -0.3 is 15.2 Å². The molecule has 0 unspecified atom stereocenters. The molecule has 2 aromatic rings. The number of amides is 1. The molecule has 1 aliphatic rings. The number of allylic oxidation sites excluding steroid dienone is 8. The summed E-state index contributed by atoms with van der Waals surface area (Å²) in [5, 5.41) is 0. The van der Waals surface area contributed by atoms with Gasteiger partial charge in [-0.15, -0.1) is 13.2 Å². The Morgan fingerprint density at radius 2 is 1.79 bits per heavy atom. The van der Waals surface area contributed by atoms with Gasteiger partial charge in [0.2, 0.25) is 0 Å². The Balaban J connectivity index is 1.95. The first-order valence-corrected chi connectivity index (χ1v) is 13.3. The SMILES string of the molecule is C=CCC=CC=CC=C(CC=C)c1c(-c2ccccc2)ccc(C(N)=O)c1OCCCCN1CCOCC1. The van der Waals surface area contributed by atoms with E-state index >= 15 is 0 Å². The molecule has 0 atom stereocenters. The maximum Gasteiger partial charge on any atom is 0.252 e. The van der Waals surface area contributed by atoms with E-state index < -0.39 is 5.91 Å². The zero-order valence-electron chi connectivity index (χ0n) is 22.3. The van der Waals surface area contributed by atoms with Gasteiger partial charge in [-0.05, 0) is 55.0 Å². The maximum atomic E-state index is 12.5. The van der Waals surface area contributed by atoms with Gasteiger partial charge in [0.15, 0.2) is 0 Å². The Hall–Kier alpha value is -3.67. The second kappa shape index (κ2) is 16.2. The van der Waals surface area contributed by atoms with E-state index in [1.807, 2.05) is 60.7 Å². The topological polar surface area (TPSA) is 64.8 Å². The van der Waals surface area contributed by atoms with Crippen molar-refractivity contribution in [2.24, 2.45) is 5.73 Å². The number of ether oxygens (including phenoxy) is 2. The highest BCUT2D eigenvalue weighted by Gasteiger charge is 2.21. The van der Waals surface area contributed by atoms with E-state index in [0.717, 1.165) is 74.4 Å². The predicted octanol–water partition coefficient (Wildman–Crippen LogP) is 6.59. The fourth-order valence-corrected chi connectivity index (χ4v) is 4.44. The lowest BCUT2D eigenvalue weighted by Gasteiger charge is -2.26. The van der Waals surface area contributed by atoms with E-state index in [-0.39, 0.29) is 0 Å². The molecule has 1 heterocycles. The van der Waals surface area contributed by atoms with Crippen molar-refractivity contribution in [3.05, 3.63) is 109 Å². The molecule has 5 heteroatoms. The van der Waals surface area contributed by atoms with E-state index in [4.69, 9.17) is 15.2 Å². The van der Waals surface area contributed by atoms with Crippen molar-refractivity contribution < 1.29 is 14.3 Å². The molecule has 1 fully saturated rings. The fraction of sp³-hybridized carbons (Fsp3) is 0.303. The van der Waals surface area contributed by atoms with Crippen LogP contribution in [0.15, 0.2) is 98.2 Å². The molecule has 200 valence electrons. The van der Waals surface area contributed by atoms with Gasteiger partial charge in [0.1, 0.15) is 5.75 Å². The number of hydrogen-bond donors (Lipinski definition) is 1. The second-order valence-corrected chi connectivity index (χ2v) is 9.13. The molecule has 0 saturated carbocycles. The zero-order chi connectivity index (χ0) is 27.0. The highest BCUT2D eigenvalue weighted by molar-refractivity contribution is 6.00. The number of hydrogen-bond acceptors (Lipinski definition) is 4. The van der Waals surface area contributed by atoms with Crippen molar-refractivity contribution in [1.82, 2.24) is 4.90 Å². The summed E-state index contributed by atoms with van der Waals surface area (Å²) in [6.07, 6.45) is 17.1. The molecule has 5 nitrogen and oxygen atoms in total. The quantitative estimate of drug-likeness (QED) is 0.166. The molecular formula is C33H40N2O3. The summed E-state index contributed by atoms with van der Waals surface area (Å²) < 4.78 is 11.8. The van der Waals surface area contributed by atoms with Gasteiger partial charge in [-0.3, -0.25) is 9.69 Å². The van der Waals surface area contributed by atoms with E-state index in [1.54, 1.807) is 6.07 Å². The summed E-state index contributed by atoms with van der Waals surface area (Å²) >= 11 is 0. The number of morpholine rings is 1. The molecule has 2 N–H and O–H groups in total. The highest BCUT2D eigenvalue weighted by atomic mass is 16.5. The van der Waals surface area contributed by atoms with Crippen molar-refractivity contribution in [2.75, 3.05) is 39.5 Å². The van der Waals surface area contributed by atoms with Crippen LogP contribution < -0.4 is 10.5 Å². The van der Waals surface area contributed by atoms with Crippen LogP contribution in [0.4, 0.5) is 0 Å². The molecule has 3 rings (SSSR count). The van der Waals surface area contributed by atoms with E-state index in [9.17, 15) is 4.79 Å². The third kappa shape index (κ3) is 8.72. The molecular weight excluding hydrogens is 472 g/mol. The van der Waals surface area contributed by atoms with Crippen molar-refractivity contribution in [3.63, 3.8) is 0 Å². The van der Waals surface area contributed by atoms with Gasteiger partial charge in [-0.2, -0.15) is 0 Å². The van der Waals surface area contributed by atoms with Gasteiger partial charge >= 0.3 is 0 Å². The monoisotopic (exact) mass is 512 g/mol. The summed E-state index contributed by atoms with van der Waals surface area (Å²) in [5.74, 6) is 0.0314. The second-order valence-electron chi connectivity index (χ2n) is 9.13. The molecule has 0 aliphatic carbocycles. The Labute approximate surface area is 227 Å². The summed E-state index contributed by atoms with van der Waals surface area (Å²) in [7, 11) is 0. The Kier molecular flexibility index (Phi) is 12.3.